The van der Waals surface area contributed by atoms with Crippen LogP contribution in [0.5, 0.6) is 5.75 Å². The average molecular weight is 473 g/mol. The number of benzene rings is 3. The molecule has 2 heterocycles. The van der Waals surface area contributed by atoms with Crippen molar-refractivity contribution in [3.63, 3.8) is 0 Å². The van der Waals surface area contributed by atoms with Crippen LogP contribution in [0.1, 0.15) is 28.9 Å². The summed E-state index contributed by atoms with van der Waals surface area (Å²) in [5.74, 6) is 1.70. The number of aryl methyl sites for hydroxylation is 1. The Morgan fingerprint density at radius 2 is 1.79 bits per heavy atom. The predicted molar refractivity (Wildman–Crippen MR) is 131 cm³/mol. The molecule has 4 aromatic rings. The standard InChI is InChI=1S/C25H21ClN6O2/c1-15-30-31-24-23(29-25(33)27-19-10-6-7-11-21(19)34-2)28-22(16-8-4-3-5-9-16)18-14-17(26)12-13-20(18)32(15)24/h3-14,23H,1-2H3,(H2,27,29,33). The van der Waals surface area contributed by atoms with Gasteiger partial charge in [-0.2, -0.15) is 0 Å². The van der Waals surface area contributed by atoms with Gasteiger partial charge in [0.25, 0.3) is 0 Å². The molecule has 170 valence electrons. The van der Waals surface area contributed by atoms with Gasteiger partial charge >= 0.3 is 6.03 Å². The van der Waals surface area contributed by atoms with Crippen molar-refractivity contribution >= 4 is 29.0 Å². The Morgan fingerprint density at radius 3 is 2.59 bits per heavy atom. The number of fused-ring (bicyclic) bond motifs is 3. The second-order valence-corrected chi connectivity index (χ2v) is 8.08. The van der Waals surface area contributed by atoms with Crippen molar-refractivity contribution in [3.8, 4) is 11.4 Å². The van der Waals surface area contributed by atoms with Crippen molar-refractivity contribution in [2.75, 3.05) is 12.4 Å². The van der Waals surface area contributed by atoms with Crippen molar-refractivity contribution in [1.29, 1.82) is 0 Å². The van der Waals surface area contributed by atoms with Gasteiger partial charge in [0.15, 0.2) is 12.0 Å². The first-order valence-corrected chi connectivity index (χ1v) is 11.0. The zero-order valence-corrected chi connectivity index (χ0v) is 19.2. The van der Waals surface area contributed by atoms with Crippen molar-refractivity contribution in [1.82, 2.24) is 20.1 Å². The number of hydrogen-bond donors (Lipinski definition) is 2. The fourth-order valence-electron chi connectivity index (χ4n) is 3.96. The van der Waals surface area contributed by atoms with Gasteiger partial charge in [0.2, 0.25) is 0 Å². The maximum atomic E-state index is 13.0. The highest BCUT2D eigenvalue weighted by atomic mass is 35.5. The number of nitrogens with one attached hydrogen (secondary N) is 2. The normalized spacial score (nSPS) is 14.3. The predicted octanol–water partition coefficient (Wildman–Crippen LogP) is 4.91. The molecule has 1 aromatic heterocycles. The second kappa shape index (κ2) is 8.99. The molecule has 3 aromatic carbocycles. The molecular weight excluding hydrogens is 452 g/mol. The van der Waals surface area contributed by atoms with E-state index in [0.29, 0.717) is 33.8 Å². The third kappa shape index (κ3) is 3.99. The molecular formula is C25H21ClN6O2. The quantitative estimate of drug-likeness (QED) is 0.441. The summed E-state index contributed by atoms with van der Waals surface area (Å²) in [7, 11) is 1.55. The lowest BCUT2D eigenvalue weighted by molar-refractivity contribution is 0.248. The molecule has 0 radical (unpaired) electrons. The number of urea groups is 1. The van der Waals surface area contributed by atoms with Gasteiger partial charge < -0.3 is 15.4 Å². The van der Waals surface area contributed by atoms with Crippen LogP contribution in [-0.4, -0.2) is 33.6 Å². The number of carbonyl (C=O) groups excluding carboxylic acids is 1. The van der Waals surface area contributed by atoms with Crippen molar-refractivity contribution in [2.24, 2.45) is 4.99 Å². The number of anilines is 1. The monoisotopic (exact) mass is 472 g/mol. The highest BCUT2D eigenvalue weighted by molar-refractivity contribution is 6.31. The number of hydrogen-bond acceptors (Lipinski definition) is 5. The molecule has 1 aliphatic rings. The van der Waals surface area contributed by atoms with Crippen LogP contribution in [0.15, 0.2) is 77.8 Å². The second-order valence-electron chi connectivity index (χ2n) is 7.65. The number of para-hydroxylation sites is 2. The molecule has 2 amide bonds. The number of aliphatic imine (C=N–C) groups is 1. The molecule has 0 bridgehead atoms. The van der Waals surface area contributed by atoms with Crippen LogP contribution in [-0.2, 0) is 0 Å². The van der Waals surface area contributed by atoms with Gasteiger partial charge in [-0.1, -0.05) is 54.1 Å². The Kier molecular flexibility index (Phi) is 5.73. The summed E-state index contributed by atoms with van der Waals surface area (Å²) in [5, 5.41) is 14.9. The van der Waals surface area contributed by atoms with Crippen LogP contribution in [0, 0.1) is 6.92 Å². The third-order valence-corrected chi connectivity index (χ3v) is 5.71. The van der Waals surface area contributed by atoms with E-state index < -0.39 is 12.2 Å². The molecule has 34 heavy (non-hydrogen) atoms. The zero-order valence-electron chi connectivity index (χ0n) is 18.5. The van der Waals surface area contributed by atoms with E-state index in [4.69, 9.17) is 21.3 Å². The minimum atomic E-state index is -0.808. The summed E-state index contributed by atoms with van der Waals surface area (Å²) in [6.07, 6.45) is -0.808. The van der Waals surface area contributed by atoms with Crippen molar-refractivity contribution < 1.29 is 9.53 Å². The molecule has 0 fully saturated rings. The Balaban J connectivity index is 1.60. The van der Waals surface area contributed by atoms with E-state index in [1.54, 1.807) is 19.2 Å². The fraction of sp³-hybridized carbons (Fsp3) is 0.120. The molecule has 0 aliphatic carbocycles. The molecule has 2 N–H and O–H groups in total. The van der Waals surface area contributed by atoms with Gasteiger partial charge in [0, 0.05) is 16.1 Å². The minimum Gasteiger partial charge on any atom is -0.495 e. The Bertz CT molecular complexity index is 1400. The maximum Gasteiger partial charge on any atom is 0.321 e. The first-order valence-electron chi connectivity index (χ1n) is 10.6. The van der Waals surface area contributed by atoms with Crippen LogP contribution in [0.2, 0.25) is 5.02 Å². The molecule has 1 unspecified atom stereocenters. The molecule has 0 saturated carbocycles. The van der Waals surface area contributed by atoms with Gasteiger partial charge in [-0.05, 0) is 37.3 Å². The van der Waals surface area contributed by atoms with Gasteiger partial charge in [0.05, 0.1) is 24.2 Å². The van der Waals surface area contributed by atoms with Gasteiger partial charge in [-0.25, -0.2) is 4.79 Å². The van der Waals surface area contributed by atoms with E-state index in [1.807, 2.05) is 72.2 Å². The van der Waals surface area contributed by atoms with E-state index in [1.165, 1.54) is 0 Å². The Labute approximate surface area is 201 Å². The van der Waals surface area contributed by atoms with Crippen LogP contribution < -0.4 is 15.4 Å². The van der Waals surface area contributed by atoms with E-state index in [-0.39, 0.29) is 0 Å². The summed E-state index contributed by atoms with van der Waals surface area (Å²) >= 11 is 6.38. The van der Waals surface area contributed by atoms with Gasteiger partial charge in [-0.15, -0.1) is 10.2 Å². The lowest BCUT2D eigenvalue weighted by Gasteiger charge is -2.16. The third-order valence-electron chi connectivity index (χ3n) is 5.48. The SMILES string of the molecule is COc1ccccc1NC(=O)NC1N=C(c2ccccc2)c2cc(Cl)ccc2-n2c(C)nnc21. The van der Waals surface area contributed by atoms with Crippen LogP contribution in [0.25, 0.3) is 5.69 Å². The molecule has 9 heteroatoms. The molecule has 0 saturated heterocycles. The number of halogens is 1. The number of amides is 2. The lowest BCUT2D eigenvalue weighted by Crippen LogP contribution is -2.33. The first-order chi connectivity index (χ1) is 16.5. The van der Waals surface area contributed by atoms with Gasteiger partial charge in [-0.3, -0.25) is 9.56 Å². The van der Waals surface area contributed by atoms with E-state index in [0.717, 1.165) is 16.8 Å². The van der Waals surface area contributed by atoms with E-state index >= 15 is 0 Å². The van der Waals surface area contributed by atoms with Crippen molar-refractivity contribution in [2.45, 2.75) is 13.1 Å². The summed E-state index contributed by atoms with van der Waals surface area (Å²) < 4.78 is 7.22. The highest BCUT2D eigenvalue weighted by Crippen LogP contribution is 2.31. The maximum absolute atomic E-state index is 13.0. The van der Waals surface area contributed by atoms with Gasteiger partial charge in [0.1, 0.15) is 11.6 Å². The number of carbonyl (C=O) groups is 1. The molecule has 1 atom stereocenters. The lowest BCUT2D eigenvalue weighted by atomic mass is 10.0. The summed E-state index contributed by atoms with van der Waals surface area (Å²) in [6.45, 7) is 1.86. The summed E-state index contributed by atoms with van der Waals surface area (Å²) in [6, 6.07) is 22.1. The number of aromatic nitrogens is 3. The number of ether oxygens (including phenoxy) is 1. The zero-order chi connectivity index (χ0) is 23.7. The fourth-order valence-corrected chi connectivity index (χ4v) is 4.13. The molecule has 1 aliphatic heterocycles. The smallest absolute Gasteiger partial charge is 0.321 e. The van der Waals surface area contributed by atoms with E-state index in [2.05, 4.69) is 20.8 Å². The number of rotatable bonds is 4. The minimum absolute atomic E-state index is 0.457. The molecule has 0 spiro atoms. The first kappa shape index (κ1) is 21.7. The molecule has 5 rings (SSSR count). The Hall–Kier alpha value is -4.17. The topological polar surface area (TPSA) is 93.4 Å². The van der Waals surface area contributed by atoms with Crippen LogP contribution in [0.3, 0.4) is 0 Å². The molecule has 8 nitrogen and oxygen atoms in total. The van der Waals surface area contributed by atoms with Crippen molar-refractivity contribution in [3.05, 3.63) is 101 Å². The highest BCUT2D eigenvalue weighted by Gasteiger charge is 2.29. The number of methoxy groups -OCH3 is 1. The summed E-state index contributed by atoms with van der Waals surface area (Å²) in [4.78, 5) is 18.0. The van der Waals surface area contributed by atoms with E-state index in [9.17, 15) is 4.79 Å². The number of nitrogens with zero attached hydrogens (tertiary/aromatic N) is 4. The Morgan fingerprint density at radius 1 is 1.03 bits per heavy atom. The van der Waals surface area contributed by atoms with Crippen LogP contribution >= 0.6 is 11.6 Å². The largest absolute Gasteiger partial charge is 0.495 e. The average Bonchev–Trinajstić information content (AvgIpc) is 3.17. The summed E-state index contributed by atoms with van der Waals surface area (Å²) in [5.41, 5.74) is 3.76. The van der Waals surface area contributed by atoms with Crippen LogP contribution in [0.4, 0.5) is 10.5 Å².